The predicted molar refractivity (Wildman–Crippen MR) is 121 cm³/mol. The first-order chi connectivity index (χ1) is 15.0. The van der Waals surface area contributed by atoms with Crippen LogP contribution in [0.4, 0.5) is 0 Å². The number of rotatable bonds is 8. The lowest BCUT2D eigenvalue weighted by atomic mass is 10.1. The second-order valence-corrected chi connectivity index (χ2v) is 11.3. The number of sulfone groups is 1. The minimum atomic E-state index is -3.03. The van der Waals surface area contributed by atoms with Gasteiger partial charge in [-0.15, -0.1) is 0 Å². The third-order valence-electron chi connectivity index (χ3n) is 6.78. The Balaban J connectivity index is 1.27. The molecule has 2 atom stereocenters. The zero-order chi connectivity index (χ0) is 21.7. The van der Waals surface area contributed by atoms with E-state index in [9.17, 15) is 13.2 Å². The molecule has 1 amide bonds. The molecule has 3 aliphatic heterocycles. The van der Waals surface area contributed by atoms with Crippen LogP contribution in [0.2, 0.25) is 0 Å². The van der Waals surface area contributed by atoms with Gasteiger partial charge in [0.15, 0.2) is 9.84 Å². The molecule has 8 heteroatoms. The van der Waals surface area contributed by atoms with Gasteiger partial charge in [-0.2, -0.15) is 0 Å². The predicted octanol–water partition coefficient (Wildman–Crippen LogP) is 1.04. The molecule has 0 radical (unpaired) electrons. The first-order valence-corrected chi connectivity index (χ1v) is 13.4. The van der Waals surface area contributed by atoms with Crippen LogP contribution in [0.1, 0.15) is 24.8 Å². The molecule has 0 bridgehead atoms. The lowest BCUT2D eigenvalue weighted by molar-refractivity contribution is -0.136. The van der Waals surface area contributed by atoms with Crippen LogP contribution < -0.4 is 0 Å². The Morgan fingerprint density at radius 1 is 1.06 bits per heavy atom. The van der Waals surface area contributed by atoms with Gasteiger partial charge < -0.3 is 14.5 Å². The summed E-state index contributed by atoms with van der Waals surface area (Å²) in [7, 11) is -3.03. The summed E-state index contributed by atoms with van der Waals surface area (Å²) < 4.78 is 29.8. The summed E-state index contributed by atoms with van der Waals surface area (Å²) in [5.41, 5.74) is 1.36. The fourth-order valence-electron chi connectivity index (χ4n) is 4.87. The molecule has 1 aromatic carbocycles. The van der Waals surface area contributed by atoms with Crippen molar-refractivity contribution in [1.29, 1.82) is 0 Å². The zero-order valence-corrected chi connectivity index (χ0v) is 19.1. The van der Waals surface area contributed by atoms with E-state index in [0.717, 1.165) is 58.6 Å². The fraction of sp³-hybridized carbons (Fsp3) is 0.696. The zero-order valence-electron chi connectivity index (χ0n) is 18.3. The molecule has 0 aliphatic carbocycles. The summed E-state index contributed by atoms with van der Waals surface area (Å²) in [6, 6.07) is 10.3. The molecule has 1 aromatic rings. The topological polar surface area (TPSA) is 70.2 Å². The van der Waals surface area contributed by atoms with Crippen LogP contribution in [0.5, 0.6) is 0 Å². The van der Waals surface area contributed by atoms with Crippen molar-refractivity contribution in [2.75, 3.05) is 63.9 Å². The van der Waals surface area contributed by atoms with Gasteiger partial charge >= 0.3 is 0 Å². The molecule has 0 spiro atoms. The Morgan fingerprint density at radius 3 is 2.45 bits per heavy atom. The SMILES string of the molecule is O=C(CN1CCN(CCc2ccccc2)CC1)N(CC1CCCO1)C1CCS(=O)(=O)C1. The molecule has 2 unspecified atom stereocenters. The molecule has 172 valence electrons. The maximum absolute atomic E-state index is 13.2. The van der Waals surface area contributed by atoms with Gasteiger partial charge in [-0.3, -0.25) is 9.69 Å². The smallest absolute Gasteiger partial charge is 0.237 e. The van der Waals surface area contributed by atoms with Gasteiger partial charge in [-0.05, 0) is 31.2 Å². The number of carbonyl (C=O) groups excluding carboxylic acids is 1. The van der Waals surface area contributed by atoms with Crippen molar-refractivity contribution < 1.29 is 17.9 Å². The van der Waals surface area contributed by atoms with Crippen LogP contribution in [0.3, 0.4) is 0 Å². The summed E-state index contributed by atoms with van der Waals surface area (Å²) in [4.78, 5) is 19.7. The number of ether oxygens (including phenoxy) is 1. The summed E-state index contributed by atoms with van der Waals surface area (Å²) >= 11 is 0. The summed E-state index contributed by atoms with van der Waals surface area (Å²) in [5.74, 6) is 0.335. The van der Waals surface area contributed by atoms with Gasteiger partial charge in [0.1, 0.15) is 0 Å². The Morgan fingerprint density at radius 2 is 1.81 bits per heavy atom. The van der Waals surface area contributed by atoms with Crippen LogP contribution >= 0.6 is 0 Å². The maximum Gasteiger partial charge on any atom is 0.237 e. The van der Waals surface area contributed by atoms with Gasteiger partial charge in [-0.1, -0.05) is 30.3 Å². The minimum absolute atomic E-state index is 0.0436. The summed E-state index contributed by atoms with van der Waals surface area (Å²) in [6.45, 7) is 6.34. The van der Waals surface area contributed by atoms with Crippen LogP contribution in [0.15, 0.2) is 30.3 Å². The number of hydrogen-bond acceptors (Lipinski definition) is 6. The van der Waals surface area contributed by atoms with Crippen molar-refractivity contribution in [1.82, 2.24) is 14.7 Å². The van der Waals surface area contributed by atoms with E-state index in [1.165, 1.54) is 5.56 Å². The third-order valence-corrected chi connectivity index (χ3v) is 8.53. The Bertz CT molecular complexity index is 818. The largest absolute Gasteiger partial charge is 0.376 e. The first-order valence-electron chi connectivity index (χ1n) is 11.6. The number of carbonyl (C=O) groups is 1. The van der Waals surface area contributed by atoms with E-state index >= 15 is 0 Å². The monoisotopic (exact) mass is 449 g/mol. The quantitative estimate of drug-likeness (QED) is 0.591. The van der Waals surface area contributed by atoms with Crippen molar-refractivity contribution in [2.45, 2.75) is 37.8 Å². The second kappa shape index (κ2) is 10.4. The average molecular weight is 450 g/mol. The molecule has 7 nitrogen and oxygen atoms in total. The lowest BCUT2D eigenvalue weighted by Crippen LogP contribution is -2.53. The Labute approximate surface area is 186 Å². The molecular formula is C23H35N3O4S. The number of benzene rings is 1. The third kappa shape index (κ3) is 6.51. The molecule has 3 aliphatic rings. The molecule has 31 heavy (non-hydrogen) atoms. The first kappa shape index (κ1) is 22.7. The number of piperazine rings is 1. The van der Waals surface area contributed by atoms with Crippen molar-refractivity contribution >= 4 is 15.7 Å². The Hall–Kier alpha value is -1.48. The van der Waals surface area contributed by atoms with E-state index in [1.54, 1.807) is 0 Å². The fourth-order valence-corrected chi connectivity index (χ4v) is 6.60. The van der Waals surface area contributed by atoms with E-state index < -0.39 is 9.84 Å². The number of nitrogens with zero attached hydrogens (tertiary/aromatic N) is 3. The molecule has 0 N–H and O–H groups in total. The van der Waals surface area contributed by atoms with Crippen LogP contribution in [-0.4, -0.2) is 105 Å². The number of hydrogen-bond donors (Lipinski definition) is 0. The van der Waals surface area contributed by atoms with Crippen molar-refractivity contribution in [3.05, 3.63) is 35.9 Å². The molecule has 4 rings (SSSR count). The molecule has 3 heterocycles. The molecule has 0 saturated carbocycles. The highest BCUT2D eigenvalue weighted by molar-refractivity contribution is 7.91. The molecule has 3 fully saturated rings. The average Bonchev–Trinajstić information content (AvgIpc) is 3.41. The second-order valence-electron chi connectivity index (χ2n) is 9.09. The van der Waals surface area contributed by atoms with Crippen molar-refractivity contribution in [3.63, 3.8) is 0 Å². The van der Waals surface area contributed by atoms with Crippen LogP contribution in [0.25, 0.3) is 0 Å². The van der Waals surface area contributed by atoms with Gasteiger partial charge in [0.25, 0.3) is 0 Å². The van der Waals surface area contributed by atoms with Crippen LogP contribution in [0, 0.1) is 0 Å². The summed E-state index contributed by atoms with van der Waals surface area (Å²) in [6.07, 6.45) is 3.60. The van der Waals surface area contributed by atoms with Gasteiger partial charge in [0.05, 0.1) is 24.2 Å². The normalized spacial score (nSPS) is 26.8. The summed E-state index contributed by atoms with van der Waals surface area (Å²) in [5, 5.41) is 0. The number of amides is 1. The van der Waals surface area contributed by atoms with Crippen molar-refractivity contribution in [2.24, 2.45) is 0 Å². The molecular weight excluding hydrogens is 414 g/mol. The van der Waals surface area contributed by atoms with E-state index in [2.05, 4.69) is 34.1 Å². The highest BCUT2D eigenvalue weighted by atomic mass is 32.2. The van der Waals surface area contributed by atoms with Gasteiger partial charge in [-0.25, -0.2) is 8.42 Å². The van der Waals surface area contributed by atoms with E-state index in [-0.39, 0.29) is 29.6 Å². The Kier molecular flexibility index (Phi) is 7.63. The maximum atomic E-state index is 13.2. The highest BCUT2D eigenvalue weighted by Crippen LogP contribution is 2.22. The van der Waals surface area contributed by atoms with Gasteiger partial charge in [0, 0.05) is 51.9 Å². The molecule has 3 saturated heterocycles. The van der Waals surface area contributed by atoms with E-state index in [1.807, 2.05) is 11.0 Å². The molecule has 0 aromatic heterocycles. The van der Waals surface area contributed by atoms with E-state index in [0.29, 0.717) is 19.5 Å². The lowest BCUT2D eigenvalue weighted by Gasteiger charge is -2.37. The standard InChI is InChI=1S/C23H35N3O4S/c27-23(26(17-22-7-4-15-30-22)21-9-16-31(28,29)19-21)18-25-13-11-24(12-14-25)10-8-20-5-2-1-3-6-20/h1-3,5-6,21-22H,4,7-19H2. The minimum Gasteiger partial charge on any atom is -0.376 e. The van der Waals surface area contributed by atoms with E-state index in [4.69, 9.17) is 4.74 Å². The van der Waals surface area contributed by atoms with Crippen LogP contribution in [-0.2, 0) is 25.8 Å². The van der Waals surface area contributed by atoms with Crippen molar-refractivity contribution in [3.8, 4) is 0 Å². The van der Waals surface area contributed by atoms with Gasteiger partial charge in [0.2, 0.25) is 5.91 Å². The highest BCUT2D eigenvalue weighted by Gasteiger charge is 2.36.